The maximum Gasteiger partial charge on any atom is 0.471 e. The quantitative estimate of drug-likeness (QED) is 0.420. The van der Waals surface area contributed by atoms with Crippen LogP contribution in [0.2, 0.25) is 0 Å². The van der Waals surface area contributed by atoms with Crippen LogP contribution in [0.3, 0.4) is 0 Å². The fraction of sp³-hybridized carbons (Fsp3) is 0.263. The highest BCUT2D eigenvalue weighted by molar-refractivity contribution is 5.66. The van der Waals surface area contributed by atoms with Crippen molar-refractivity contribution in [2.45, 2.75) is 19.3 Å². The number of carbonyl (C=O) groups is 1. The largest absolute Gasteiger partial charge is 0.471 e. The molecule has 0 saturated heterocycles. The minimum Gasteiger partial charge on any atom is -0.443 e. The molecule has 8 nitrogen and oxygen atoms in total. The number of ether oxygens (including phenoxy) is 1. The molecule has 0 unspecified atom stereocenters. The van der Waals surface area contributed by atoms with Gasteiger partial charge < -0.3 is 14.2 Å². The Morgan fingerprint density at radius 1 is 1.16 bits per heavy atom. The summed E-state index contributed by atoms with van der Waals surface area (Å²) in [5, 5.41) is 3.16. The molecule has 2 aromatic heterocycles. The first kappa shape index (κ1) is 22.0. The van der Waals surface area contributed by atoms with Crippen molar-refractivity contribution in [1.82, 2.24) is 20.2 Å². The number of pyridine rings is 1. The number of anilines is 1. The zero-order valence-electron chi connectivity index (χ0n) is 16.4. The van der Waals surface area contributed by atoms with Gasteiger partial charge in [-0.1, -0.05) is 40.0 Å². The molecular weight excluding hydrogens is 422 g/mol. The van der Waals surface area contributed by atoms with E-state index >= 15 is 0 Å². The van der Waals surface area contributed by atoms with E-state index in [9.17, 15) is 22.4 Å². The molecule has 0 aliphatic rings. The van der Waals surface area contributed by atoms with Crippen LogP contribution in [0, 0.1) is 0 Å². The maximum atomic E-state index is 14.2. The molecule has 0 fully saturated rings. The van der Waals surface area contributed by atoms with Gasteiger partial charge in [-0.15, -0.1) is 5.12 Å². The summed E-state index contributed by atoms with van der Waals surface area (Å²) in [5.74, 6) is -1.13. The first-order valence-electron chi connectivity index (χ1n) is 8.86. The van der Waals surface area contributed by atoms with E-state index in [0.717, 1.165) is 0 Å². The number of halogens is 4. The van der Waals surface area contributed by atoms with E-state index in [1.165, 1.54) is 24.3 Å². The Morgan fingerprint density at radius 2 is 1.87 bits per heavy atom. The number of rotatable bonds is 6. The Labute approximate surface area is 174 Å². The van der Waals surface area contributed by atoms with Crippen LogP contribution in [0.5, 0.6) is 0 Å². The van der Waals surface area contributed by atoms with Gasteiger partial charge in [0.2, 0.25) is 5.82 Å². The minimum absolute atomic E-state index is 0.114. The van der Waals surface area contributed by atoms with E-state index in [2.05, 4.69) is 19.6 Å². The van der Waals surface area contributed by atoms with Crippen LogP contribution in [-0.4, -0.2) is 40.4 Å². The van der Waals surface area contributed by atoms with Crippen LogP contribution in [0.4, 0.5) is 28.3 Å². The second-order valence-corrected chi connectivity index (χ2v) is 6.57. The average Bonchev–Trinajstić information content (AvgIpc) is 3.23. The third-order valence-corrected chi connectivity index (χ3v) is 4.04. The molecule has 2 heterocycles. The number of hydrogen-bond acceptors (Lipinski definition) is 7. The molecule has 3 aromatic rings. The molecule has 31 heavy (non-hydrogen) atoms. The van der Waals surface area contributed by atoms with Gasteiger partial charge in [-0.2, -0.15) is 18.2 Å². The van der Waals surface area contributed by atoms with E-state index in [4.69, 9.17) is 4.74 Å². The first-order valence-corrected chi connectivity index (χ1v) is 8.86. The van der Waals surface area contributed by atoms with Crippen LogP contribution in [0.25, 0.3) is 11.4 Å². The van der Waals surface area contributed by atoms with Crippen LogP contribution in [0.15, 0.2) is 47.1 Å². The van der Waals surface area contributed by atoms with E-state index in [1.54, 1.807) is 37.3 Å². The zero-order valence-corrected chi connectivity index (χ0v) is 16.4. The summed E-state index contributed by atoms with van der Waals surface area (Å²) < 4.78 is 60.9. The maximum absolute atomic E-state index is 14.2. The summed E-state index contributed by atoms with van der Waals surface area (Å²) in [6.07, 6.45) is -4.35. The molecule has 0 spiro atoms. The Hall–Kier alpha value is -3.70. The lowest BCUT2D eigenvalue weighted by Crippen LogP contribution is -2.23. The Balaban J connectivity index is 1.58. The summed E-state index contributed by atoms with van der Waals surface area (Å²) in [6, 6.07) is 9.00. The summed E-state index contributed by atoms with van der Waals surface area (Å²) >= 11 is 0. The van der Waals surface area contributed by atoms with Crippen molar-refractivity contribution in [3.05, 3.63) is 59.6 Å². The summed E-state index contributed by atoms with van der Waals surface area (Å²) in [5.41, 5.74) is 1.22. The van der Waals surface area contributed by atoms with Crippen LogP contribution in [0.1, 0.15) is 17.0 Å². The predicted molar refractivity (Wildman–Crippen MR) is 100 cm³/mol. The fourth-order valence-electron chi connectivity index (χ4n) is 2.60. The highest BCUT2D eigenvalue weighted by Crippen LogP contribution is 2.29. The molecule has 12 heteroatoms. The minimum atomic E-state index is -4.75. The average molecular weight is 439 g/mol. The van der Waals surface area contributed by atoms with Gasteiger partial charge in [0.1, 0.15) is 12.4 Å². The molecule has 1 amide bonds. The molecule has 3 rings (SSSR count). The van der Waals surface area contributed by atoms with Gasteiger partial charge in [0.05, 0.1) is 6.54 Å². The standard InChI is InChI=1S/C19H17F4N5O3/c1-27(2)16-14(4-3-9-24-16)11-30-18(29)28(23)10-12-5-7-13(8-6-12)15-25-17(31-26-15)19(20,21)22/h3-9H,10-11H2,1-2H3. The normalized spacial score (nSPS) is 11.3. The number of benzene rings is 1. The second-order valence-electron chi connectivity index (χ2n) is 6.57. The molecule has 0 radical (unpaired) electrons. The SMILES string of the molecule is CN(C)c1ncccc1COC(=O)N(F)Cc1ccc(-c2noc(C(F)(F)F)n2)cc1. The van der Waals surface area contributed by atoms with Gasteiger partial charge in [0.15, 0.2) is 0 Å². The number of carbonyl (C=O) groups excluding carboxylic acids is 1. The van der Waals surface area contributed by atoms with Crippen molar-refractivity contribution < 1.29 is 31.7 Å². The molecule has 1 aromatic carbocycles. The van der Waals surface area contributed by atoms with Gasteiger partial charge >= 0.3 is 18.2 Å². The predicted octanol–water partition coefficient (Wildman–Crippen LogP) is 4.24. The van der Waals surface area contributed by atoms with Crippen LogP contribution >= 0.6 is 0 Å². The van der Waals surface area contributed by atoms with Crippen molar-refractivity contribution in [2.75, 3.05) is 19.0 Å². The van der Waals surface area contributed by atoms with Gasteiger partial charge in [0.25, 0.3) is 0 Å². The van der Waals surface area contributed by atoms with Gasteiger partial charge in [-0.25, -0.2) is 9.78 Å². The summed E-state index contributed by atoms with van der Waals surface area (Å²) in [7, 11) is 3.55. The third-order valence-electron chi connectivity index (χ3n) is 4.04. The molecular formula is C19H17F4N5O3. The molecule has 0 N–H and O–H groups in total. The summed E-state index contributed by atoms with van der Waals surface area (Å²) in [4.78, 5) is 21.1. The topological polar surface area (TPSA) is 84.6 Å². The summed E-state index contributed by atoms with van der Waals surface area (Å²) in [6.45, 7) is -0.592. The van der Waals surface area contributed by atoms with E-state index in [1.807, 2.05) is 0 Å². The van der Waals surface area contributed by atoms with Crippen molar-refractivity contribution in [2.24, 2.45) is 0 Å². The first-order chi connectivity index (χ1) is 14.6. The second kappa shape index (κ2) is 8.98. The molecule has 0 atom stereocenters. The van der Waals surface area contributed by atoms with Crippen molar-refractivity contribution in [3.8, 4) is 11.4 Å². The Kier molecular flexibility index (Phi) is 6.37. The third kappa shape index (κ3) is 5.47. The Bertz CT molecular complexity index is 1040. The number of aromatic nitrogens is 3. The van der Waals surface area contributed by atoms with Gasteiger partial charge in [0, 0.05) is 31.4 Å². The monoisotopic (exact) mass is 439 g/mol. The van der Waals surface area contributed by atoms with Crippen molar-refractivity contribution in [3.63, 3.8) is 0 Å². The highest BCUT2D eigenvalue weighted by Gasteiger charge is 2.38. The molecule has 0 saturated carbocycles. The molecule has 0 bridgehead atoms. The molecule has 0 aliphatic heterocycles. The fourth-order valence-corrected chi connectivity index (χ4v) is 2.60. The van der Waals surface area contributed by atoms with Crippen LogP contribution < -0.4 is 4.90 Å². The van der Waals surface area contributed by atoms with E-state index in [0.29, 0.717) is 16.9 Å². The number of amides is 1. The lowest BCUT2D eigenvalue weighted by atomic mass is 10.1. The zero-order chi connectivity index (χ0) is 22.6. The smallest absolute Gasteiger partial charge is 0.443 e. The number of hydrogen-bond donors (Lipinski definition) is 0. The lowest BCUT2D eigenvalue weighted by Gasteiger charge is -2.17. The van der Waals surface area contributed by atoms with Gasteiger partial charge in [-0.3, -0.25) is 0 Å². The lowest BCUT2D eigenvalue weighted by molar-refractivity contribution is -0.159. The molecule has 0 aliphatic carbocycles. The van der Waals surface area contributed by atoms with Crippen LogP contribution in [-0.2, 0) is 24.1 Å². The van der Waals surface area contributed by atoms with Crippen molar-refractivity contribution in [1.29, 1.82) is 0 Å². The number of nitrogens with zero attached hydrogens (tertiary/aromatic N) is 5. The number of alkyl halides is 3. The Morgan fingerprint density at radius 3 is 2.48 bits per heavy atom. The van der Waals surface area contributed by atoms with Gasteiger partial charge in [-0.05, 0) is 11.6 Å². The van der Waals surface area contributed by atoms with Crippen molar-refractivity contribution >= 4 is 11.9 Å². The highest BCUT2D eigenvalue weighted by atomic mass is 19.4. The van der Waals surface area contributed by atoms with E-state index < -0.39 is 24.7 Å². The van der Waals surface area contributed by atoms with E-state index in [-0.39, 0.29) is 23.1 Å². The molecule has 164 valence electrons.